The largest absolute Gasteiger partial charge is 0.294 e. The van der Waals surface area contributed by atoms with Gasteiger partial charge in [-0.1, -0.05) is 18.7 Å². The lowest BCUT2D eigenvalue weighted by Gasteiger charge is -2.07. The molecule has 1 unspecified atom stereocenters. The first-order valence-corrected chi connectivity index (χ1v) is 5.54. The highest BCUT2D eigenvalue weighted by molar-refractivity contribution is 7.99. The maximum absolute atomic E-state index is 11.1. The molecule has 0 radical (unpaired) electrons. The molecule has 1 aromatic heterocycles. The van der Waals surface area contributed by atoms with Crippen LogP contribution < -0.4 is 11.3 Å². The minimum absolute atomic E-state index is 0.148. The number of hydrazine groups is 1. The monoisotopic (exact) mass is 226 g/mol. The Bertz CT molecular complexity index is 327. The Morgan fingerprint density at radius 1 is 1.60 bits per heavy atom. The predicted molar refractivity (Wildman–Crippen MR) is 59.0 cm³/mol. The molecule has 0 aliphatic heterocycles. The summed E-state index contributed by atoms with van der Waals surface area (Å²) < 4.78 is 0. The van der Waals surface area contributed by atoms with Gasteiger partial charge in [-0.15, -0.1) is 0 Å². The lowest BCUT2D eigenvalue weighted by molar-refractivity contribution is -0.123. The fourth-order valence-corrected chi connectivity index (χ4v) is 1.68. The zero-order valence-electron chi connectivity index (χ0n) is 8.73. The minimum Gasteiger partial charge on any atom is -0.294 e. The lowest BCUT2D eigenvalue weighted by Crippen LogP contribution is -2.35. The number of rotatable bonds is 4. The van der Waals surface area contributed by atoms with Crippen LogP contribution in [0.15, 0.2) is 17.6 Å². The number of aromatic nitrogens is 2. The standard InChI is InChI=1S/C9H14N4OS/c1-6-3-11-9(12-4-6)15-5-7(2)8(14)13-10/h3-4,7H,5,10H2,1-2H3,(H,13,14). The molecule has 0 saturated heterocycles. The second-order valence-corrected chi connectivity index (χ2v) is 4.25. The van der Waals surface area contributed by atoms with Crippen molar-refractivity contribution in [1.29, 1.82) is 0 Å². The summed E-state index contributed by atoms with van der Waals surface area (Å²) in [6.07, 6.45) is 3.51. The van der Waals surface area contributed by atoms with Gasteiger partial charge in [-0.25, -0.2) is 15.8 Å². The molecule has 0 aliphatic rings. The molecule has 0 fully saturated rings. The smallest absolute Gasteiger partial charge is 0.237 e. The Hall–Kier alpha value is -1.14. The number of aryl methyl sites for hydroxylation is 1. The molecule has 0 aromatic carbocycles. The van der Waals surface area contributed by atoms with Crippen LogP contribution in [0.25, 0.3) is 0 Å². The third-order valence-electron chi connectivity index (χ3n) is 1.81. The first-order chi connectivity index (χ1) is 7.13. The summed E-state index contributed by atoms with van der Waals surface area (Å²) in [5.41, 5.74) is 3.14. The summed E-state index contributed by atoms with van der Waals surface area (Å²) in [5.74, 6) is 5.32. The van der Waals surface area contributed by atoms with Crippen molar-refractivity contribution >= 4 is 17.7 Å². The maximum Gasteiger partial charge on any atom is 0.237 e. The number of hydrogen-bond acceptors (Lipinski definition) is 5. The van der Waals surface area contributed by atoms with Crippen molar-refractivity contribution in [2.75, 3.05) is 5.75 Å². The van der Waals surface area contributed by atoms with Crippen LogP contribution in [-0.4, -0.2) is 21.6 Å². The Kier molecular flexibility index (Phi) is 4.51. The first-order valence-electron chi connectivity index (χ1n) is 4.55. The van der Waals surface area contributed by atoms with E-state index in [-0.39, 0.29) is 11.8 Å². The molecule has 0 bridgehead atoms. The van der Waals surface area contributed by atoms with Gasteiger partial charge in [0.15, 0.2) is 5.16 Å². The van der Waals surface area contributed by atoms with Gasteiger partial charge >= 0.3 is 0 Å². The number of nitrogens with one attached hydrogen (secondary N) is 1. The highest BCUT2D eigenvalue weighted by Crippen LogP contribution is 2.15. The summed E-state index contributed by atoms with van der Waals surface area (Å²) in [6, 6.07) is 0. The molecule has 0 saturated carbocycles. The minimum atomic E-state index is -0.172. The van der Waals surface area contributed by atoms with Gasteiger partial charge in [0.25, 0.3) is 0 Å². The van der Waals surface area contributed by atoms with Gasteiger partial charge in [-0.2, -0.15) is 0 Å². The van der Waals surface area contributed by atoms with Crippen LogP contribution in [-0.2, 0) is 4.79 Å². The van der Waals surface area contributed by atoms with E-state index in [1.54, 1.807) is 12.4 Å². The van der Waals surface area contributed by atoms with Gasteiger partial charge in [-0.05, 0) is 12.5 Å². The summed E-state index contributed by atoms with van der Waals surface area (Å²) >= 11 is 1.44. The van der Waals surface area contributed by atoms with Crippen LogP contribution in [0.4, 0.5) is 0 Å². The average Bonchev–Trinajstić information content (AvgIpc) is 2.26. The summed E-state index contributed by atoms with van der Waals surface area (Å²) in [7, 11) is 0. The van der Waals surface area contributed by atoms with E-state index in [0.717, 1.165) is 5.56 Å². The van der Waals surface area contributed by atoms with Crippen molar-refractivity contribution in [3.8, 4) is 0 Å². The number of nitrogens with two attached hydrogens (primary N) is 1. The third kappa shape index (κ3) is 3.85. The Morgan fingerprint density at radius 3 is 2.73 bits per heavy atom. The van der Waals surface area contributed by atoms with Gasteiger partial charge in [-0.3, -0.25) is 10.2 Å². The van der Waals surface area contributed by atoms with E-state index in [0.29, 0.717) is 10.9 Å². The van der Waals surface area contributed by atoms with E-state index in [1.807, 2.05) is 13.8 Å². The molecule has 0 aliphatic carbocycles. The zero-order valence-corrected chi connectivity index (χ0v) is 9.54. The molecule has 5 nitrogen and oxygen atoms in total. The van der Waals surface area contributed by atoms with E-state index in [4.69, 9.17) is 5.84 Å². The van der Waals surface area contributed by atoms with E-state index >= 15 is 0 Å². The number of hydrogen-bond donors (Lipinski definition) is 2. The number of carbonyl (C=O) groups is 1. The van der Waals surface area contributed by atoms with Crippen LogP contribution in [0.1, 0.15) is 12.5 Å². The molecular weight excluding hydrogens is 212 g/mol. The topological polar surface area (TPSA) is 80.9 Å². The fourth-order valence-electron chi connectivity index (χ4n) is 0.873. The highest BCUT2D eigenvalue weighted by Gasteiger charge is 2.12. The van der Waals surface area contributed by atoms with Crippen molar-refractivity contribution in [3.05, 3.63) is 18.0 Å². The quantitative estimate of drug-likeness (QED) is 0.257. The van der Waals surface area contributed by atoms with Gasteiger partial charge < -0.3 is 0 Å². The average molecular weight is 226 g/mol. The van der Waals surface area contributed by atoms with Crippen molar-refractivity contribution in [1.82, 2.24) is 15.4 Å². The molecule has 1 heterocycles. The van der Waals surface area contributed by atoms with Gasteiger partial charge in [0.2, 0.25) is 5.91 Å². The second-order valence-electron chi connectivity index (χ2n) is 3.26. The molecule has 6 heteroatoms. The molecule has 0 spiro atoms. The summed E-state index contributed by atoms with van der Waals surface area (Å²) in [6.45, 7) is 3.74. The second kappa shape index (κ2) is 5.67. The zero-order chi connectivity index (χ0) is 11.3. The number of thioether (sulfide) groups is 1. The predicted octanol–water partition coefficient (Wildman–Crippen LogP) is 0.503. The molecule has 1 aromatic rings. The highest BCUT2D eigenvalue weighted by atomic mass is 32.2. The molecule has 1 rings (SSSR count). The molecule has 82 valence electrons. The van der Waals surface area contributed by atoms with Crippen molar-refractivity contribution < 1.29 is 4.79 Å². The molecule has 1 atom stereocenters. The normalized spacial score (nSPS) is 12.2. The molecule has 1 amide bonds. The van der Waals surface area contributed by atoms with Crippen LogP contribution in [0, 0.1) is 12.8 Å². The van der Waals surface area contributed by atoms with Crippen LogP contribution >= 0.6 is 11.8 Å². The van der Waals surface area contributed by atoms with Gasteiger partial charge in [0.1, 0.15) is 0 Å². The maximum atomic E-state index is 11.1. The fraction of sp³-hybridized carbons (Fsp3) is 0.444. The van der Waals surface area contributed by atoms with E-state index in [1.165, 1.54) is 11.8 Å². The Morgan fingerprint density at radius 2 is 2.20 bits per heavy atom. The van der Waals surface area contributed by atoms with Crippen LogP contribution in [0.2, 0.25) is 0 Å². The Balaban J connectivity index is 2.43. The third-order valence-corrected chi connectivity index (χ3v) is 2.95. The van der Waals surface area contributed by atoms with Crippen LogP contribution in [0.5, 0.6) is 0 Å². The number of carbonyl (C=O) groups excluding carboxylic acids is 1. The SMILES string of the molecule is Cc1cnc(SCC(C)C(=O)NN)nc1. The number of amides is 1. The van der Waals surface area contributed by atoms with Crippen molar-refractivity contribution in [3.63, 3.8) is 0 Å². The molecule has 15 heavy (non-hydrogen) atoms. The lowest BCUT2D eigenvalue weighted by atomic mass is 10.2. The van der Waals surface area contributed by atoms with E-state index < -0.39 is 0 Å². The van der Waals surface area contributed by atoms with E-state index in [2.05, 4.69) is 15.4 Å². The summed E-state index contributed by atoms with van der Waals surface area (Å²) in [4.78, 5) is 19.3. The molecule has 3 N–H and O–H groups in total. The molecular formula is C9H14N4OS. The van der Waals surface area contributed by atoms with E-state index in [9.17, 15) is 4.79 Å². The van der Waals surface area contributed by atoms with Crippen LogP contribution in [0.3, 0.4) is 0 Å². The Labute approximate surface area is 92.8 Å². The van der Waals surface area contributed by atoms with Gasteiger partial charge in [0.05, 0.1) is 0 Å². The van der Waals surface area contributed by atoms with Gasteiger partial charge in [0, 0.05) is 24.1 Å². The van der Waals surface area contributed by atoms with Crippen molar-refractivity contribution in [2.45, 2.75) is 19.0 Å². The number of nitrogens with zero attached hydrogens (tertiary/aromatic N) is 2. The first kappa shape index (κ1) is 11.9. The summed E-state index contributed by atoms with van der Waals surface area (Å²) in [5, 5.41) is 0.678. The van der Waals surface area contributed by atoms with Crippen molar-refractivity contribution in [2.24, 2.45) is 11.8 Å².